The average Bonchev–Trinajstić information content (AvgIpc) is 2.76. The summed E-state index contributed by atoms with van der Waals surface area (Å²) in [5.74, 6) is 1.50. The number of anilines is 1. The second-order valence-corrected chi connectivity index (χ2v) is 5.22. The second-order valence-electron chi connectivity index (χ2n) is 4.14. The van der Waals surface area contributed by atoms with Gasteiger partial charge < -0.3 is 14.8 Å². The highest BCUT2D eigenvalue weighted by Gasteiger charge is 2.17. The van der Waals surface area contributed by atoms with Crippen molar-refractivity contribution in [1.82, 2.24) is 4.98 Å². The van der Waals surface area contributed by atoms with Crippen molar-refractivity contribution in [2.45, 2.75) is 11.9 Å². The van der Waals surface area contributed by atoms with E-state index in [-0.39, 0.29) is 6.61 Å². The quantitative estimate of drug-likeness (QED) is 0.833. The van der Waals surface area contributed by atoms with Crippen molar-refractivity contribution in [1.29, 1.82) is 0 Å². The molecule has 0 atom stereocenters. The molecule has 5 heteroatoms. The lowest BCUT2D eigenvalue weighted by atomic mass is 10.1. The highest BCUT2D eigenvalue weighted by atomic mass is 32.2. The molecule has 0 fully saturated rings. The summed E-state index contributed by atoms with van der Waals surface area (Å²) in [5, 5.41) is 14.3. The number of aliphatic hydroxyl groups excluding tert-OH is 1. The van der Waals surface area contributed by atoms with Gasteiger partial charge in [-0.05, 0) is 13.0 Å². The summed E-state index contributed by atoms with van der Waals surface area (Å²) in [6.45, 7) is 2.89. The Morgan fingerprint density at radius 1 is 1.56 bits per heavy atom. The molecule has 0 spiro atoms. The molecule has 0 bridgehead atoms. The first kappa shape index (κ1) is 11.6. The third-order valence-corrected chi connectivity index (χ3v) is 3.79. The van der Waals surface area contributed by atoms with Crippen molar-refractivity contribution < 1.29 is 9.52 Å². The first-order valence-corrected chi connectivity index (χ1v) is 6.86. The van der Waals surface area contributed by atoms with Crippen LogP contribution in [0.5, 0.6) is 0 Å². The molecule has 3 rings (SSSR count). The SMILES string of the molecule is Cc1cc2c3c(c(SCCO)nc2o1)C=CCN3. The standard InChI is InChI=1S/C13H14N2O2S/c1-8-7-10-11-9(3-2-4-14-11)13(18-6-5-16)15-12(10)17-8/h2-3,7,14,16H,4-6H2,1H3. The zero-order valence-corrected chi connectivity index (χ0v) is 10.9. The minimum absolute atomic E-state index is 0.146. The van der Waals surface area contributed by atoms with Crippen LogP contribution in [0, 0.1) is 6.92 Å². The molecule has 2 aromatic heterocycles. The zero-order chi connectivity index (χ0) is 12.5. The average molecular weight is 262 g/mol. The largest absolute Gasteiger partial charge is 0.443 e. The topological polar surface area (TPSA) is 58.3 Å². The van der Waals surface area contributed by atoms with E-state index in [2.05, 4.69) is 22.5 Å². The van der Waals surface area contributed by atoms with Crippen molar-refractivity contribution in [2.75, 3.05) is 24.2 Å². The fourth-order valence-electron chi connectivity index (χ4n) is 2.10. The number of hydrogen-bond acceptors (Lipinski definition) is 5. The number of hydrogen-bond donors (Lipinski definition) is 2. The van der Waals surface area contributed by atoms with Gasteiger partial charge in [-0.3, -0.25) is 0 Å². The predicted octanol–water partition coefficient (Wildman–Crippen LogP) is 2.66. The number of furan rings is 1. The van der Waals surface area contributed by atoms with E-state index < -0.39 is 0 Å². The van der Waals surface area contributed by atoms with Crippen molar-refractivity contribution in [2.24, 2.45) is 0 Å². The molecule has 4 nitrogen and oxygen atoms in total. The number of aromatic nitrogens is 1. The minimum Gasteiger partial charge on any atom is -0.443 e. The lowest BCUT2D eigenvalue weighted by Crippen LogP contribution is -2.07. The first-order valence-electron chi connectivity index (χ1n) is 5.88. The molecule has 94 valence electrons. The molecule has 0 radical (unpaired) electrons. The van der Waals surface area contributed by atoms with Crippen molar-refractivity contribution in [3.63, 3.8) is 0 Å². The van der Waals surface area contributed by atoms with Gasteiger partial charge >= 0.3 is 0 Å². The van der Waals surface area contributed by atoms with Crippen LogP contribution in [0.15, 0.2) is 21.6 Å². The van der Waals surface area contributed by atoms with Crippen LogP contribution in [-0.2, 0) is 0 Å². The molecule has 0 aromatic carbocycles. The molecule has 0 saturated carbocycles. The number of thioether (sulfide) groups is 1. The maximum atomic E-state index is 8.94. The maximum absolute atomic E-state index is 8.94. The van der Waals surface area contributed by atoms with E-state index in [9.17, 15) is 0 Å². The van der Waals surface area contributed by atoms with Crippen LogP contribution in [0.25, 0.3) is 17.2 Å². The summed E-state index contributed by atoms with van der Waals surface area (Å²) < 4.78 is 5.60. The summed E-state index contributed by atoms with van der Waals surface area (Å²) in [4.78, 5) is 4.54. The van der Waals surface area contributed by atoms with E-state index in [1.807, 2.05) is 13.0 Å². The van der Waals surface area contributed by atoms with E-state index in [1.165, 1.54) is 0 Å². The van der Waals surface area contributed by atoms with E-state index in [0.717, 1.165) is 34.0 Å². The fourth-order valence-corrected chi connectivity index (χ4v) is 2.86. The van der Waals surface area contributed by atoms with Gasteiger partial charge in [-0.1, -0.05) is 12.2 Å². The van der Waals surface area contributed by atoms with Gasteiger partial charge in [0.2, 0.25) is 5.71 Å². The van der Waals surface area contributed by atoms with E-state index in [4.69, 9.17) is 9.52 Å². The Bertz CT molecular complexity index is 619. The molecule has 0 amide bonds. The molecule has 1 aliphatic rings. The van der Waals surface area contributed by atoms with Gasteiger partial charge in [-0.25, -0.2) is 4.98 Å². The molecule has 0 aliphatic carbocycles. The lowest BCUT2D eigenvalue weighted by Gasteiger charge is -2.16. The van der Waals surface area contributed by atoms with Crippen molar-refractivity contribution >= 4 is 34.6 Å². The summed E-state index contributed by atoms with van der Waals surface area (Å²) in [7, 11) is 0. The first-order chi connectivity index (χ1) is 8.79. The Morgan fingerprint density at radius 2 is 2.44 bits per heavy atom. The van der Waals surface area contributed by atoms with Crippen LogP contribution in [-0.4, -0.2) is 29.0 Å². The molecule has 1 aliphatic heterocycles. The number of pyridine rings is 1. The summed E-state index contributed by atoms with van der Waals surface area (Å²) in [5.41, 5.74) is 2.84. The molecule has 0 unspecified atom stereocenters. The Morgan fingerprint density at radius 3 is 3.28 bits per heavy atom. The Labute approximate surface area is 109 Å². The number of rotatable bonds is 3. The molecule has 3 heterocycles. The monoisotopic (exact) mass is 262 g/mol. The van der Waals surface area contributed by atoms with Gasteiger partial charge in [0, 0.05) is 17.9 Å². The van der Waals surface area contributed by atoms with Crippen LogP contribution in [0.4, 0.5) is 5.69 Å². The number of aliphatic hydroxyl groups is 1. The number of fused-ring (bicyclic) bond motifs is 3. The van der Waals surface area contributed by atoms with Crippen LogP contribution in [0.1, 0.15) is 11.3 Å². The molecule has 18 heavy (non-hydrogen) atoms. The molecular weight excluding hydrogens is 248 g/mol. The van der Waals surface area contributed by atoms with Gasteiger partial charge in [0.15, 0.2) is 0 Å². The molecule has 0 saturated heterocycles. The van der Waals surface area contributed by atoms with Crippen LogP contribution in [0.2, 0.25) is 0 Å². The summed E-state index contributed by atoms with van der Waals surface area (Å²) in [6, 6.07) is 2.01. The normalized spacial score (nSPS) is 13.7. The smallest absolute Gasteiger partial charge is 0.229 e. The maximum Gasteiger partial charge on any atom is 0.229 e. The lowest BCUT2D eigenvalue weighted by molar-refractivity contribution is 0.322. The van der Waals surface area contributed by atoms with Crippen molar-refractivity contribution in [3.8, 4) is 0 Å². The molecular formula is C13H14N2O2S. The van der Waals surface area contributed by atoms with Gasteiger partial charge in [0.05, 0.1) is 17.7 Å². The summed E-state index contributed by atoms with van der Waals surface area (Å²) in [6.07, 6.45) is 4.16. The van der Waals surface area contributed by atoms with E-state index >= 15 is 0 Å². The van der Waals surface area contributed by atoms with Gasteiger partial charge in [-0.2, -0.15) is 0 Å². The highest BCUT2D eigenvalue weighted by Crippen LogP contribution is 2.37. The van der Waals surface area contributed by atoms with E-state index in [0.29, 0.717) is 11.5 Å². The number of aryl methyl sites for hydroxylation is 1. The van der Waals surface area contributed by atoms with Gasteiger partial charge in [0.25, 0.3) is 0 Å². The molecule has 2 N–H and O–H groups in total. The summed E-state index contributed by atoms with van der Waals surface area (Å²) >= 11 is 1.55. The fraction of sp³-hybridized carbons (Fsp3) is 0.308. The molecule has 2 aromatic rings. The second kappa shape index (κ2) is 4.66. The third kappa shape index (κ3) is 1.89. The van der Waals surface area contributed by atoms with Crippen LogP contribution >= 0.6 is 11.8 Å². The van der Waals surface area contributed by atoms with Crippen LogP contribution < -0.4 is 5.32 Å². The van der Waals surface area contributed by atoms with Crippen LogP contribution in [0.3, 0.4) is 0 Å². The Balaban J connectivity index is 2.20. The zero-order valence-electron chi connectivity index (χ0n) is 10.1. The van der Waals surface area contributed by atoms with Gasteiger partial charge in [0.1, 0.15) is 10.8 Å². The Hall–Kier alpha value is -1.46. The number of nitrogens with zero attached hydrogens (tertiary/aromatic N) is 1. The third-order valence-electron chi connectivity index (χ3n) is 2.82. The number of nitrogens with one attached hydrogen (secondary N) is 1. The minimum atomic E-state index is 0.146. The van der Waals surface area contributed by atoms with E-state index in [1.54, 1.807) is 11.8 Å². The highest BCUT2D eigenvalue weighted by molar-refractivity contribution is 7.99. The van der Waals surface area contributed by atoms with Crippen molar-refractivity contribution in [3.05, 3.63) is 23.5 Å². The predicted molar refractivity (Wildman–Crippen MR) is 74.1 cm³/mol. The van der Waals surface area contributed by atoms with Gasteiger partial charge in [-0.15, -0.1) is 11.8 Å². The Kier molecular flexibility index (Phi) is 3.01.